The Morgan fingerprint density at radius 2 is 1.89 bits per heavy atom. The van der Waals surface area contributed by atoms with Gasteiger partial charge < -0.3 is 10.2 Å². The van der Waals surface area contributed by atoms with Crippen molar-refractivity contribution < 1.29 is 0 Å². The maximum Gasteiger partial charge on any atom is 0.00476 e. The van der Waals surface area contributed by atoms with E-state index in [1.165, 1.54) is 44.6 Å². The van der Waals surface area contributed by atoms with E-state index in [2.05, 4.69) is 54.4 Å². The minimum Gasteiger partial charge on any atom is -0.317 e. The molecule has 2 heteroatoms. The van der Waals surface area contributed by atoms with E-state index in [4.69, 9.17) is 0 Å². The molecule has 19 heavy (non-hydrogen) atoms. The molecular formula is C17H28N2. The zero-order chi connectivity index (χ0) is 13.5. The van der Waals surface area contributed by atoms with Gasteiger partial charge in [0.1, 0.15) is 0 Å². The number of benzene rings is 1. The fraction of sp³-hybridized carbons (Fsp3) is 0.647. The first-order valence-electron chi connectivity index (χ1n) is 7.77. The third-order valence-corrected chi connectivity index (χ3v) is 4.29. The molecule has 1 fully saturated rings. The number of hydrogen-bond acceptors (Lipinski definition) is 2. The van der Waals surface area contributed by atoms with Crippen LogP contribution in [0.5, 0.6) is 0 Å². The van der Waals surface area contributed by atoms with Crippen LogP contribution in [-0.4, -0.2) is 37.6 Å². The van der Waals surface area contributed by atoms with Crippen LogP contribution in [0.4, 0.5) is 0 Å². The second-order valence-electron chi connectivity index (χ2n) is 5.86. The largest absolute Gasteiger partial charge is 0.317 e. The van der Waals surface area contributed by atoms with E-state index in [0.717, 1.165) is 12.5 Å². The SMILES string of the molecule is CCNCC1CCN(CC(C)c2ccccc2)CC1. The van der Waals surface area contributed by atoms with Crippen molar-refractivity contribution in [3.63, 3.8) is 0 Å². The number of hydrogen-bond donors (Lipinski definition) is 1. The molecule has 1 aromatic carbocycles. The van der Waals surface area contributed by atoms with E-state index in [0.29, 0.717) is 5.92 Å². The topological polar surface area (TPSA) is 15.3 Å². The molecule has 0 aromatic heterocycles. The number of piperidine rings is 1. The van der Waals surface area contributed by atoms with E-state index in [-0.39, 0.29) is 0 Å². The Morgan fingerprint density at radius 1 is 1.21 bits per heavy atom. The summed E-state index contributed by atoms with van der Waals surface area (Å²) in [5.41, 5.74) is 1.47. The van der Waals surface area contributed by atoms with Crippen molar-refractivity contribution in [2.75, 3.05) is 32.7 Å². The summed E-state index contributed by atoms with van der Waals surface area (Å²) < 4.78 is 0. The summed E-state index contributed by atoms with van der Waals surface area (Å²) in [5.74, 6) is 1.54. The van der Waals surface area contributed by atoms with Gasteiger partial charge in [-0.25, -0.2) is 0 Å². The van der Waals surface area contributed by atoms with Crippen LogP contribution in [0.2, 0.25) is 0 Å². The van der Waals surface area contributed by atoms with Crippen molar-refractivity contribution in [2.45, 2.75) is 32.6 Å². The Morgan fingerprint density at radius 3 is 2.53 bits per heavy atom. The summed E-state index contributed by atoms with van der Waals surface area (Å²) in [5, 5.41) is 3.48. The summed E-state index contributed by atoms with van der Waals surface area (Å²) in [4.78, 5) is 2.64. The van der Waals surface area contributed by atoms with Gasteiger partial charge in [0, 0.05) is 6.54 Å². The van der Waals surface area contributed by atoms with Gasteiger partial charge >= 0.3 is 0 Å². The lowest BCUT2D eigenvalue weighted by Crippen LogP contribution is -2.38. The van der Waals surface area contributed by atoms with E-state index < -0.39 is 0 Å². The highest BCUT2D eigenvalue weighted by molar-refractivity contribution is 5.19. The van der Waals surface area contributed by atoms with E-state index in [1.807, 2.05) is 0 Å². The minimum absolute atomic E-state index is 0.645. The first kappa shape index (κ1) is 14.5. The first-order chi connectivity index (χ1) is 9.29. The molecule has 1 aromatic rings. The molecule has 2 rings (SSSR count). The molecule has 1 unspecified atom stereocenters. The molecule has 0 spiro atoms. The summed E-state index contributed by atoms with van der Waals surface area (Å²) in [6, 6.07) is 10.9. The molecule has 0 amide bonds. The van der Waals surface area contributed by atoms with Crippen LogP contribution in [0, 0.1) is 5.92 Å². The van der Waals surface area contributed by atoms with Crippen molar-refractivity contribution in [3.8, 4) is 0 Å². The lowest BCUT2D eigenvalue weighted by Gasteiger charge is -2.33. The van der Waals surface area contributed by atoms with Crippen LogP contribution >= 0.6 is 0 Å². The van der Waals surface area contributed by atoms with E-state index >= 15 is 0 Å². The normalized spacial score (nSPS) is 19.5. The van der Waals surface area contributed by atoms with Gasteiger partial charge in [-0.15, -0.1) is 0 Å². The molecule has 106 valence electrons. The Kier molecular flexibility index (Phi) is 5.87. The molecule has 1 aliphatic heterocycles. The maximum atomic E-state index is 3.48. The van der Waals surface area contributed by atoms with Gasteiger partial charge in [-0.05, 0) is 56.4 Å². The van der Waals surface area contributed by atoms with Crippen LogP contribution in [-0.2, 0) is 0 Å². The molecule has 0 radical (unpaired) electrons. The molecule has 1 N–H and O–H groups in total. The molecule has 0 bridgehead atoms. The molecule has 1 heterocycles. The Balaban J connectivity index is 1.73. The number of likely N-dealkylation sites (tertiary alicyclic amines) is 1. The highest BCUT2D eigenvalue weighted by Gasteiger charge is 2.20. The fourth-order valence-corrected chi connectivity index (χ4v) is 3.00. The van der Waals surface area contributed by atoms with Gasteiger partial charge in [0.25, 0.3) is 0 Å². The van der Waals surface area contributed by atoms with Crippen LogP contribution in [0.25, 0.3) is 0 Å². The van der Waals surface area contributed by atoms with Gasteiger partial charge in [-0.3, -0.25) is 0 Å². The van der Waals surface area contributed by atoms with Gasteiger partial charge in [-0.1, -0.05) is 44.2 Å². The maximum absolute atomic E-state index is 3.48. The van der Waals surface area contributed by atoms with Crippen molar-refractivity contribution >= 4 is 0 Å². The third-order valence-electron chi connectivity index (χ3n) is 4.29. The van der Waals surface area contributed by atoms with Gasteiger partial charge in [0.15, 0.2) is 0 Å². The highest BCUT2D eigenvalue weighted by atomic mass is 15.1. The average Bonchev–Trinajstić information content (AvgIpc) is 2.47. The zero-order valence-corrected chi connectivity index (χ0v) is 12.4. The van der Waals surface area contributed by atoms with Gasteiger partial charge in [-0.2, -0.15) is 0 Å². The van der Waals surface area contributed by atoms with Crippen molar-refractivity contribution in [2.24, 2.45) is 5.92 Å². The van der Waals surface area contributed by atoms with Crippen molar-refractivity contribution in [3.05, 3.63) is 35.9 Å². The smallest absolute Gasteiger partial charge is 0.00476 e. The van der Waals surface area contributed by atoms with Crippen molar-refractivity contribution in [1.29, 1.82) is 0 Å². The Hall–Kier alpha value is -0.860. The van der Waals surface area contributed by atoms with Gasteiger partial charge in [0.2, 0.25) is 0 Å². The Bertz CT molecular complexity index is 342. The summed E-state index contributed by atoms with van der Waals surface area (Å²) in [7, 11) is 0. The van der Waals surface area contributed by atoms with Crippen LogP contribution in [0.1, 0.15) is 38.2 Å². The fourth-order valence-electron chi connectivity index (χ4n) is 3.00. The van der Waals surface area contributed by atoms with Gasteiger partial charge in [0.05, 0.1) is 0 Å². The zero-order valence-electron chi connectivity index (χ0n) is 12.4. The number of nitrogens with zero attached hydrogens (tertiary/aromatic N) is 1. The number of rotatable bonds is 6. The summed E-state index contributed by atoms with van der Waals surface area (Å²) in [6.07, 6.45) is 2.71. The summed E-state index contributed by atoms with van der Waals surface area (Å²) >= 11 is 0. The molecule has 1 aliphatic rings. The lowest BCUT2D eigenvalue weighted by atomic mass is 9.94. The van der Waals surface area contributed by atoms with Crippen LogP contribution in [0.3, 0.4) is 0 Å². The molecule has 0 saturated carbocycles. The molecule has 0 aliphatic carbocycles. The molecule has 1 saturated heterocycles. The molecule has 1 atom stereocenters. The second-order valence-corrected chi connectivity index (χ2v) is 5.86. The van der Waals surface area contributed by atoms with Crippen LogP contribution in [0.15, 0.2) is 30.3 Å². The minimum atomic E-state index is 0.645. The predicted molar refractivity (Wildman–Crippen MR) is 82.6 cm³/mol. The average molecular weight is 260 g/mol. The highest BCUT2D eigenvalue weighted by Crippen LogP contribution is 2.21. The lowest BCUT2D eigenvalue weighted by molar-refractivity contribution is 0.176. The first-order valence-corrected chi connectivity index (χ1v) is 7.77. The standard InChI is InChI=1S/C17H28N2/c1-3-18-13-16-9-11-19(12-10-16)14-15(2)17-7-5-4-6-8-17/h4-8,15-16,18H,3,9-14H2,1-2H3. The Labute approximate surface area is 118 Å². The van der Waals surface area contributed by atoms with Crippen LogP contribution < -0.4 is 5.32 Å². The summed E-state index contributed by atoms with van der Waals surface area (Å²) in [6.45, 7) is 10.6. The second kappa shape index (κ2) is 7.66. The predicted octanol–water partition coefficient (Wildman–Crippen LogP) is 3.11. The number of nitrogens with one attached hydrogen (secondary N) is 1. The molecular weight excluding hydrogens is 232 g/mol. The molecule has 2 nitrogen and oxygen atoms in total. The van der Waals surface area contributed by atoms with E-state index in [1.54, 1.807) is 0 Å². The monoisotopic (exact) mass is 260 g/mol. The quantitative estimate of drug-likeness (QED) is 0.845. The van der Waals surface area contributed by atoms with E-state index in [9.17, 15) is 0 Å². The van der Waals surface area contributed by atoms with Crippen molar-refractivity contribution in [1.82, 2.24) is 10.2 Å². The third kappa shape index (κ3) is 4.63.